The fourth-order valence-electron chi connectivity index (χ4n) is 3.17. The van der Waals surface area contributed by atoms with Gasteiger partial charge in [0.05, 0.1) is 12.7 Å². The van der Waals surface area contributed by atoms with Gasteiger partial charge in [-0.05, 0) is 73.7 Å². The number of piperidine rings is 1. The molecule has 1 aliphatic heterocycles. The quantitative estimate of drug-likeness (QED) is 0.704. The van der Waals surface area contributed by atoms with Gasteiger partial charge < -0.3 is 19.3 Å². The first-order valence-corrected chi connectivity index (χ1v) is 9.97. The van der Waals surface area contributed by atoms with Gasteiger partial charge >= 0.3 is 6.09 Å². The molecular formula is C20H29BrN2O4. The maximum atomic E-state index is 13.0. The summed E-state index contributed by atoms with van der Waals surface area (Å²) >= 11 is 3.46. The number of likely N-dealkylation sites (tertiary alicyclic amines) is 1. The Morgan fingerprint density at radius 1 is 1.33 bits per heavy atom. The van der Waals surface area contributed by atoms with E-state index in [9.17, 15) is 9.59 Å². The Morgan fingerprint density at radius 2 is 2.04 bits per heavy atom. The highest BCUT2D eigenvalue weighted by Gasteiger charge is 2.28. The summed E-state index contributed by atoms with van der Waals surface area (Å²) in [6, 6.07) is 5.39. The highest BCUT2D eigenvalue weighted by Crippen LogP contribution is 2.26. The molecule has 7 heteroatoms. The van der Waals surface area contributed by atoms with Gasteiger partial charge in [0.25, 0.3) is 5.91 Å². The predicted octanol–water partition coefficient (Wildman–Crippen LogP) is 4.18. The number of ether oxygens (including phenoxy) is 2. The Morgan fingerprint density at radius 3 is 2.67 bits per heavy atom. The van der Waals surface area contributed by atoms with Crippen LogP contribution in [-0.4, -0.2) is 61.2 Å². The molecule has 1 atom stereocenters. The van der Waals surface area contributed by atoms with Gasteiger partial charge in [0.2, 0.25) is 0 Å². The molecule has 1 aliphatic rings. The summed E-state index contributed by atoms with van der Waals surface area (Å²) < 4.78 is 11.4. The minimum atomic E-state index is -0.515. The van der Waals surface area contributed by atoms with Crippen molar-refractivity contribution in [2.45, 2.75) is 39.2 Å². The highest BCUT2D eigenvalue weighted by molar-refractivity contribution is 9.10. The first-order chi connectivity index (χ1) is 12.6. The molecule has 27 heavy (non-hydrogen) atoms. The molecule has 1 saturated heterocycles. The zero-order chi connectivity index (χ0) is 20.2. The molecule has 1 fully saturated rings. The van der Waals surface area contributed by atoms with Crippen molar-refractivity contribution in [2.75, 3.05) is 33.8 Å². The number of hydrogen-bond donors (Lipinski definition) is 0. The first-order valence-electron chi connectivity index (χ1n) is 9.17. The molecule has 0 bridgehead atoms. The standard InChI is InChI=1S/C20H29BrN2O4/c1-20(2,3)27-19(25)22(4)12-14-7-6-10-23(13-14)18(24)16-11-15(26-5)8-9-17(16)21/h8-9,11,14H,6-7,10,12-13H2,1-5H3. The third kappa shape index (κ3) is 6.13. The molecule has 2 rings (SSSR count). The van der Waals surface area contributed by atoms with Crippen molar-refractivity contribution >= 4 is 27.9 Å². The van der Waals surface area contributed by atoms with Crippen LogP contribution in [0.3, 0.4) is 0 Å². The lowest BCUT2D eigenvalue weighted by Gasteiger charge is -2.35. The number of methoxy groups -OCH3 is 1. The predicted molar refractivity (Wildman–Crippen MR) is 108 cm³/mol. The Kier molecular flexibility index (Phi) is 7.14. The number of rotatable bonds is 4. The van der Waals surface area contributed by atoms with Crippen LogP contribution in [0.4, 0.5) is 4.79 Å². The van der Waals surface area contributed by atoms with Crippen LogP contribution in [0, 0.1) is 5.92 Å². The molecule has 0 radical (unpaired) electrons. The summed E-state index contributed by atoms with van der Waals surface area (Å²) in [7, 11) is 3.33. The second-order valence-electron chi connectivity index (χ2n) is 7.97. The number of amides is 2. The zero-order valence-electron chi connectivity index (χ0n) is 16.8. The van der Waals surface area contributed by atoms with Crippen LogP contribution in [0.25, 0.3) is 0 Å². The first kappa shape index (κ1) is 21.5. The molecule has 0 saturated carbocycles. The maximum Gasteiger partial charge on any atom is 0.410 e. The summed E-state index contributed by atoms with van der Waals surface area (Å²) in [6.45, 7) is 7.46. The van der Waals surface area contributed by atoms with E-state index in [4.69, 9.17) is 9.47 Å². The van der Waals surface area contributed by atoms with E-state index in [1.807, 2.05) is 37.8 Å². The van der Waals surface area contributed by atoms with Gasteiger partial charge in [-0.25, -0.2) is 4.79 Å². The summed E-state index contributed by atoms with van der Waals surface area (Å²) in [5.41, 5.74) is 0.0777. The number of halogens is 1. The van der Waals surface area contributed by atoms with E-state index in [1.54, 1.807) is 25.1 Å². The molecule has 1 aromatic rings. The number of nitrogens with zero attached hydrogens (tertiary/aromatic N) is 2. The van der Waals surface area contributed by atoms with E-state index in [1.165, 1.54) is 0 Å². The molecule has 0 aliphatic carbocycles. The second-order valence-corrected chi connectivity index (χ2v) is 8.82. The van der Waals surface area contributed by atoms with Crippen LogP contribution >= 0.6 is 15.9 Å². The van der Waals surface area contributed by atoms with Crippen LogP contribution in [0.1, 0.15) is 44.0 Å². The second kappa shape index (κ2) is 8.95. The molecule has 150 valence electrons. The highest BCUT2D eigenvalue weighted by atomic mass is 79.9. The third-order valence-corrected chi connectivity index (χ3v) is 5.14. The molecule has 1 unspecified atom stereocenters. The molecule has 0 N–H and O–H groups in total. The molecule has 0 spiro atoms. The Bertz CT molecular complexity index is 687. The SMILES string of the molecule is COc1ccc(Br)c(C(=O)N2CCCC(CN(C)C(=O)OC(C)(C)C)C2)c1. The third-order valence-electron chi connectivity index (χ3n) is 4.45. The van der Waals surface area contributed by atoms with Crippen LogP contribution in [0.15, 0.2) is 22.7 Å². The van der Waals surface area contributed by atoms with Crippen molar-refractivity contribution in [3.63, 3.8) is 0 Å². The van der Waals surface area contributed by atoms with Gasteiger partial charge in [0.15, 0.2) is 0 Å². The topological polar surface area (TPSA) is 59.1 Å². The van der Waals surface area contributed by atoms with Gasteiger partial charge in [-0.1, -0.05) is 0 Å². The van der Waals surface area contributed by atoms with Gasteiger partial charge in [0, 0.05) is 31.2 Å². The van der Waals surface area contributed by atoms with Crippen LogP contribution in [0.2, 0.25) is 0 Å². The van der Waals surface area contributed by atoms with Gasteiger partial charge in [-0.2, -0.15) is 0 Å². The van der Waals surface area contributed by atoms with E-state index < -0.39 is 5.60 Å². The largest absolute Gasteiger partial charge is 0.497 e. The minimum Gasteiger partial charge on any atom is -0.497 e. The van der Waals surface area contributed by atoms with Crippen molar-refractivity contribution in [1.82, 2.24) is 9.80 Å². The van der Waals surface area contributed by atoms with E-state index in [0.29, 0.717) is 24.4 Å². The maximum absolute atomic E-state index is 13.0. The number of benzene rings is 1. The molecular weight excluding hydrogens is 412 g/mol. The van der Waals surface area contributed by atoms with Crippen LogP contribution < -0.4 is 4.74 Å². The lowest BCUT2D eigenvalue weighted by Crippen LogP contribution is -2.45. The lowest BCUT2D eigenvalue weighted by molar-refractivity contribution is 0.0244. The Hall–Kier alpha value is -1.76. The average Bonchev–Trinajstić information content (AvgIpc) is 2.60. The zero-order valence-corrected chi connectivity index (χ0v) is 18.3. The summed E-state index contributed by atoms with van der Waals surface area (Å²) in [6.07, 6.45) is 1.57. The normalized spacial score (nSPS) is 17.4. The van der Waals surface area contributed by atoms with Crippen molar-refractivity contribution in [1.29, 1.82) is 0 Å². The average molecular weight is 441 g/mol. The fourth-order valence-corrected chi connectivity index (χ4v) is 3.58. The van der Waals surface area contributed by atoms with E-state index in [2.05, 4.69) is 15.9 Å². The van der Waals surface area contributed by atoms with Crippen molar-refractivity contribution in [2.24, 2.45) is 5.92 Å². The minimum absolute atomic E-state index is 0.0228. The monoisotopic (exact) mass is 440 g/mol. The number of carbonyl (C=O) groups excluding carboxylic acids is 2. The summed E-state index contributed by atoms with van der Waals surface area (Å²) in [5, 5.41) is 0. The van der Waals surface area contributed by atoms with Crippen LogP contribution in [0.5, 0.6) is 5.75 Å². The van der Waals surface area contributed by atoms with Crippen molar-refractivity contribution in [3.8, 4) is 5.75 Å². The van der Waals surface area contributed by atoms with E-state index >= 15 is 0 Å². The van der Waals surface area contributed by atoms with Gasteiger partial charge in [-0.15, -0.1) is 0 Å². The number of carbonyl (C=O) groups is 2. The fraction of sp³-hybridized carbons (Fsp3) is 0.600. The van der Waals surface area contributed by atoms with Gasteiger partial charge in [-0.3, -0.25) is 4.79 Å². The lowest BCUT2D eigenvalue weighted by atomic mass is 9.97. The van der Waals surface area contributed by atoms with Crippen molar-refractivity contribution in [3.05, 3.63) is 28.2 Å². The number of hydrogen-bond acceptors (Lipinski definition) is 4. The van der Waals surface area contributed by atoms with Gasteiger partial charge in [0.1, 0.15) is 11.4 Å². The van der Waals surface area contributed by atoms with Crippen LogP contribution in [-0.2, 0) is 4.74 Å². The van der Waals surface area contributed by atoms with Crippen molar-refractivity contribution < 1.29 is 19.1 Å². The molecule has 1 aromatic carbocycles. The molecule has 6 nitrogen and oxygen atoms in total. The molecule has 2 amide bonds. The van der Waals surface area contributed by atoms with E-state index in [-0.39, 0.29) is 17.9 Å². The Labute approximate surface area is 169 Å². The summed E-state index contributed by atoms with van der Waals surface area (Å²) in [4.78, 5) is 28.6. The Balaban J connectivity index is 2.01. The van der Waals surface area contributed by atoms with E-state index in [0.717, 1.165) is 23.9 Å². The smallest absolute Gasteiger partial charge is 0.410 e. The summed E-state index contributed by atoms with van der Waals surface area (Å²) in [5.74, 6) is 0.856. The molecule has 1 heterocycles. The molecule has 0 aromatic heterocycles.